The maximum absolute atomic E-state index is 11.9. The van der Waals surface area contributed by atoms with Crippen LogP contribution in [-0.4, -0.2) is 34.6 Å². The molecule has 0 fully saturated rings. The van der Waals surface area contributed by atoms with Gasteiger partial charge in [0, 0.05) is 26.7 Å². The second-order valence-electron chi connectivity index (χ2n) is 5.00. The fraction of sp³-hybridized carbons (Fsp3) is 0.588. The van der Waals surface area contributed by atoms with E-state index >= 15 is 0 Å². The lowest BCUT2D eigenvalue weighted by Crippen LogP contribution is -2.64. The Hall–Kier alpha value is -1.21. The first kappa shape index (κ1) is 19.8. The molecule has 1 unspecified atom stereocenters. The van der Waals surface area contributed by atoms with Crippen LogP contribution >= 0.6 is 0 Å². The number of rotatable bonds is 10. The number of benzene rings is 1. The third-order valence-electron chi connectivity index (χ3n) is 3.55. The van der Waals surface area contributed by atoms with Crippen molar-refractivity contribution in [1.29, 1.82) is 0 Å². The van der Waals surface area contributed by atoms with Gasteiger partial charge in [-0.1, -0.05) is 37.3 Å². The molecule has 0 aliphatic rings. The van der Waals surface area contributed by atoms with E-state index in [2.05, 4.69) is 0 Å². The smallest absolute Gasteiger partial charge is 0.450 e. The lowest BCUT2D eigenvalue weighted by atomic mass is 10.1. The van der Waals surface area contributed by atoms with Crippen molar-refractivity contribution in [2.75, 3.05) is 19.8 Å². The van der Waals surface area contributed by atoms with Crippen LogP contribution < -0.4 is 0 Å². The van der Waals surface area contributed by atoms with E-state index in [0.29, 0.717) is 26.2 Å². The van der Waals surface area contributed by atoms with Gasteiger partial charge in [0.15, 0.2) is 0 Å². The van der Waals surface area contributed by atoms with Crippen LogP contribution in [0.25, 0.3) is 0 Å². The Morgan fingerprint density at radius 1 is 0.957 bits per heavy atom. The average molecular weight is 340 g/mol. The lowest BCUT2D eigenvalue weighted by molar-refractivity contribution is -0.159. The molecule has 1 rings (SSSR count). The Morgan fingerprint density at radius 3 is 1.78 bits per heavy atom. The number of carbonyl (C=O) groups is 1. The minimum absolute atomic E-state index is 0.383. The summed E-state index contributed by atoms with van der Waals surface area (Å²) >= 11 is 0. The molecule has 0 heterocycles. The van der Waals surface area contributed by atoms with E-state index < -0.39 is 14.0 Å². The molecular weight excluding hydrogens is 312 g/mol. The summed E-state index contributed by atoms with van der Waals surface area (Å²) in [4.78, 5) is 11.9. The molecule has 0 spiro atoms. The molecule has 23 heavy (non-hydrogen) atoms. The number of ether oxygens (including phenoxy) is 1. The van der Waals surface area contributed by atoms with E-state index in [1.807, 2.05) is 58.0 Å². The molecule has 0 saturated carbocycles. The van der Waals surface area contributed by atoms with Gasteiger partial charge >= 0.3 is 14.8 Å². The second-order valence-corrected chi connectivity index (χ2v) is 7.78. The highest BCUT2D eigenvalue weighted by Crippen LogP contribution is 2.41. The quantitative estimate of drug-likeness (QED) is 0.482. The normalized spacial score (nSPS) is 14.3. The fourth-order valence-corrected chi connectivity index (χ4v) is 6.10. The van der Waals surface area contributed by atoms with Crippen molar-refractivity contribution in [2.24, 2.45) is 0 Å². The van der Waals surface area contributed by atoms with Gasteiger partial charge in [-0.2, -0.15) is 0 Å². The topological polar surface area (TPSA) is 54.0 Å². The van der Waals surface area contributed by atoms with Gasteiger partial charge in [-0.05, 0) is 32.8 Å². The van der Waals surface area contributed by atoms with Crippen LogP contribution in [0.1, 0.15) is 46.6 Å². The molecule has 0 amide bonds. The van der Waals surface area contributed by atoms with Gasteiger partial charge in [0.1, 0.15) is 0 Å². The SMILES string of the molecule is CCO[Si](OCC)(OCC)C(CC)(OC(C)=O)c1ccccc1. The lowest BCUT2D eigenvalue weighted by Gasteiger charge is -2.43. The molecule has 0 N–H and O–H groups in total. The van der Waals surface area contributed by atoms with Crippen LogP contribution in [0.3, 0.4) is 0 Å². The summed E-state index contributed by atoms with van der Waals surface area (Å²) in [6.07, 6.45) is 0.503. The molecule has 1 aromatic carbocycles. The van der Waals surface area contributed by atoms with Gasteiger partial charge in [-0.3, -0.25) is 4.79 Å². The molecule has 0 saturated heterocycles. The summed E-state index contributed by atoms with van der Waals surface area (Å²) < 4.78 is 24.0. The number of hydrogen-bond acceptors (Lipinski definition) is 5. The summed E-state index contributed by atoms with van der Waals surface area (Å²) in [6, 6.07) is 9.58. The molecule has 0 aliphatic heterocycles. The molecule has 1 atom stereocenters. The molecule has 5 nitrogen and oxygen atoms in total. The molecule has 6 heteroatoms. The van der Waals surface area contributed by atoms with Gasteiger partial charge in [0.2, 0.25) is 5.22 Å². The first-order chi connectivity index (χ1) is 11.0. The second kappa shape index (κ2) is 9.17. The van der Waals surface area contributed by atoms with Crippen LogP contribution in [-0.2, 0) is 28.0 Å². The molecule has 0 aromatic heterocycles. The Kier molecular flexibility index (Phi) is 7.91. The maximum Gasteiger partial charge on any atom is 0.552 e. The standard InChI is InChI=1S/C17H28O5Si/c1-6-17(22-15(5)18,16-13-11-10-12-14-16)23(19-7-2,20-8-3)21-9-4/h10-14H,6-9H2,1-5H3. The van der Waals surface area contributed by atoms with Gasteiger partial charge in [0.05, 0.1) is 0 Å². The van der Waals surface area contributed by atoms with E-state index in [1.54, 1.807) is 0 Å². The summed E-state index contributed by atoms with van der Waals surface area (Å²) in [7, 11) is -3.32. The van der Waals surface area contributed by atoms with E-state index in [-0.39, 0.29) is 5.97 Å². The highest BCUT2D eigenvalue weighted by atomic mass is 28.4. The minimum atomic E-state index is -3.32. The summed E-state index contributed by atoms with van der Waals surface area (Å²) in [5.74, 6) is -0.383. The minimum Gasteiger partial charge on any atom is -0.450 e. The zero-order valence-corrected chi connectivity index (χ0v) is 15.8. The van der Waals surface area contributed by atoms with Crippen molar-refractivity contribution in [1.82, 2.24) is 0 Å². The first-order valence-corrected chi connectivity index (χ1v) is 9.91. The maximum atomic E-state index is 11.9. The Balaban J connectivity index is 3.56. The van der Waals surface area contributed by atoms with Gasteiger partial charge < -0.3 is 18.0 Å². The van der Waals surface area contributed by atoms with E-state index in [4.69, 9.17) is 18.0 Å². The van der Waals surface area contributed by atoms with Crippen molar-refractivity contribution in [3.05, 3.63) is 35.9 Å². The summed E-state index contributed by atoms with van der Waals surface area (Å²) in [5, 5.41) is -1.05. The fourth-order valence-electron chi connectivity index (χ4n) is 2.79. The number of carbonyl (C=O) groups excluding carboxylic acids is 1. The number of esters is 1. The van der Waals surface area contributed by atoms with Crippen LogP contribution in [0.5, 0.6) is 0 Å². The van der Waals surface area contributed by atoms with Gasteiger partial charge in [0.25, 0.3) is 0 Å². The zero-order valence-electron chi connectivity index (χ0n) is 14.8. The Labute approximate surface area is 140 Å². The van der Waals surface area contributed by atoms with Crippen molar-refractivity contribution in [2.45, 2.75) is 46.3 Å². The van der Waals surface area contributed by atoms with Crippen molar-refractivity contribution in [3.63, 3.8) is 0 Å². The van der Waals surface area contributed by atoms with Crippen LogP contribution in [0.15, 0.2) is 30.3 Å². The van der Waals surface area contributed by atoms with Crippen molar-refractivity contribution >= 4 is 14.8 Å². The monoisotopic (exact) mass is 340 g/mol. The third kappa shape index (κ3) is 4.20. The van der Waals surface area contributed by atoms with Crippen LogP contribution in [0.4, 0.5) is 0 Å². The highest BCUT2D eigenvalue weighted by molar-refractivity contribution is 6.64. The molecule has 0 bridgehead atoms. The number of hydrogen-bond donors (Lipinski definition) is 0. The van der Waals surface area contributed by atoms with Gasteiger partial charge in [-0.15, -0.1) is 0 Å². The Morgan fingerprint density at radius 2 is 1.43 bits per heavy atom. The Bertz CT molecular complexity index is 462. The summed E-state index contributed by atoms with van der Waals surface area (Å²) in [6.45, 7) is 10.3. The molecule has 0 aliphatic carbocycles. The average Bonchev–Trinajstić information content (AvgIpc) is 2.54. The van der Waals surface area contributed by atoms with E-state index in [1.165, 1.54) is 6.92 Å². The molecule has 1 aromatic rings. The van der Waals surface area contributed by atoms with Crippen molar-refractivity contribution in [3.8, 4) is 0 Å². The van der Waals surface area contributed by atoms with E-state index in [9.17, 15) is 4.79 Å². The highest BCUT2D eigenvalue weighted by Gasteiger charge is 2.64. The summed E-state index contributed by atoms with van der Waals surface area (Å²) in [5.41, 5.74) is 0.833. The van der Waals surface area contributed by atoms with Crippen LogP contribution in [0.2, 0.25) is 0 Å². The molecule has 130 valence electrons. The van der Waals surface area contributed by atoms with Gasteiger partial charge in [-0.25, -0.2) is 0 Å². The van der Waals surface area contributed by atoms with E-state index in [0.717, 1.165) is 5.56 Å². The first-order valence-electron chi connectivity index (χ1n) is 8.18. The van der Waals surface area contributed by atoms with Crippen LogP contribution in [0, 0.1) is 0 Å². The molecule has 0 radical (unpaired) electrons. The largest absolute Gasteiger partial charge is 0.552 e. The predicted octanol–water partition coefficient (Wildman–Crippen LogP) is 3.44. The molecular formula is C17H28O5Si. The van der Waals surface area contributed by atoms with Crippen molar-refractivity contribution < 1.29 is 22.8 Å². The zero-order chi connectivity index (χ0) is 17.3. The predicted molar refractivity (Wildman–Crippen MR) is 90.8 cm³/mol. The third-order valence-corrected chi connectivity index (χ3v) is 7.29.